The molecule has 0 radical (unpaired) electrons. The van der Waals surface area contributed by atoms with Crippen LogP contribution in [-0.4, -0.2) is 37.0 Å². The van der Waals surface area contributed by atoms with E-state index >= 15 is 0 Å². The second-order valence-corrected chi connectivity index (χ2v) is 5.82. The van der Waals surface area contributed by atoms with Crippen molar-refractivity contribution in [1.29, 1.82) is 0 Å². The van der Waals surface area contributed by atoms with Gasteiger partial charge < -0.3 is 16.0 Å². The third-order valence-corrected chi connectivity index (χ3v) is 4.44. The Morgan fingerprint density at radius 2 is 1.95 bits per heavy atom. The minimum absolute atomic E-state index is 0.0181. The fourth-order valence-corrected chi connectivity index (χ4v) is 2.88. The predicted octanol–water partition coefficient (Wildman–Crippen LogP) is 2.00. The van der Waals surface area contributed by atoms with Gasteiger partial charge in [0.2, 0.25) is 0 Å². The zero-order valence-electron chi connectivity index (χ0n) is 13.0. The van der Waals surface area contributed by atoms with Crippen LogP contribution in [0.4, 0.5) is 0 Å². The van der Waals surface area contributed by atoms with Crippen molar-refractivity contribution < 1.29 is 4.79 Å². The number of benzene rings is 1. The average Bonchev–Trinajstić information content (AvgIpc) is 2.55. The van der Waals surface area contributed by atoms with E-state index in [0.717, 1.165) is 31.0 Å². The van der Waals surface area contributed by atoms with Gasteiger partial charge in [-0.15, -0.1) is 0 Å². The number of hydrogen-bond acceptors (Lipinski definition) is 3. The van der Waals surface area contributed by atoms with Crippen LogP contribution < -0.4 is 11.1 Å². The van der Waals surface area contributed by atoms with E-state index in [1.54, 1.807) is 0 Å². The summed E-state index contributed by atoms with van der Waals surface area (Å²) >= 11 is 0. The Bertz CT molecular complexity index is 436. The normalized spacial score (nSPS) is 16.9. The van der Waals surface area contributed by atoms with Crippen LogP contribution in [0.25, 0.3) is 0 Å². The molecule has 1 aromatic rings. The summed E-state index contributed by atoms with van der Waals surface area (Å²) in [5.41, 5.74) is 7.32. The molecule has 0 bridgehead atoms. The van der Waals surface area contributed by atoms with Gasteiger partial charge in [0.15, 0.2) is 0 Å². The van der Waals surface area contributed by atoms with E-state index in [1.807, 2.05) is 24.3 Å². The van der Waals surface area contributed by atoms with E-state index < -0.39 is 0 Å². The first-order valence-corrected chi connectivity index (χ1v) is 8.02. The molecule has 3 N–H and O–H groups in total. The van der Waals surface area contributed by atoms with E-state index in [4.69, 9.17) is 5.73 Å². The number of nitrogens with two attached hydrogens (primary N) is 1. The van der Waals surface area contributed by atoms with Gasteiger partial charge in [-0.05, 0) is 62.5 Å². The summed E-state index contributed by atoms with van der Waals surface area (Å²) in [6.07, 6.45) is 3.61. The fourth-order valence-electron chi connectivity index (χ4n) is 2.88. The van der Waals surface area contributed by atoms with Crippen molar-refractivity contribution >= 4 is 5.91 Å². The first-order valence-electron chi connectivity index (χ1n) is 8.02. The lowest BCUT2D eigenvalue weighted by molar-refractivity contribution is 0.0948. The van der Waals surface area contributed by atoms with Gasteiger partial charge in [0.25, 0.3) is 5.91 Å². The monoisotopic (exact) mass is 289 g/mol. The van der Waals surface area contributed by atoms with Gasteiger partial charge in [-0.2, -0.15) is 0 Å². The van der Waals surface area contributed by atoms with Crippen molar-refractivity contribution in [1.82, 2.24) is 10.2 Å². The molecule has 2 rings (SSSR count). The summed E-state index contributed by atoms with van der Waals surface area (Å²) in [4.78, 5) is 14.5. The van der Waals surface area contributed by atoms with Crippen LogP contribution in [-0.2, 0) is 6.54 Å². The van der Waals surface area contributed by atoms with Gasteiger partial charge in [-0.3, -0.25) is 4.79 Å². The molecule has 1 fully saturated rings. The Balaban J connectivity index is 1.69. The Morgan fingerprint density at radius 1 is 1.29 bits per heavy atom. The van der Waals surface area contributed by atoms with Gasteiger partial charge in [-0.25, -0.2) is 0 Å². The van der Waals surface area contributed by atoms with Gasteiger partial charge in [-0.1, -0.05) is 19.1 Å². The van der Waals surface area contributed by atoms with E-state index in [9.17, 15) is 4.79 Å². The van der Waals surface area contributed by atoms with Crippen molar-refractivity contribution in [2.45, 2.75) is 32.7 Å². The van der Waals surface area contributed by atoms with Gasteiger partial charge in [0.05, 0.1) is 0 Å². The summed E-state index contributed by atoms with van der Waals surface area (Å²) in [5, 5.41) is 3.03. The summed E-state index contributed by atoms with van der Waals surface area (Å²) < 4.78 is 0. The number of nitrogens with one attached hydrogen (secondary N) is 1. The third-order valence-electron chi connectivity index (χ3n) is 4.44. The molecule has 0 atom stereocenters. The molecule has 1 aromatic carbocycles. The Kier molecular flexibility index (Phi) is 6.21. The number of amides is 1. The Hall–Kier alpha value is -1.39. The molecule has 0 aliphatic carbocycles. The van der Waals surface area contributed by atoms with Crippen molar-refractivity contribution in [2.75, 3.05) is 26.2 Å². The first-order chi connectivity index (χ1) is 10.2. The van der Waals surface area contributed by atoms with Crippen molar-refractivity contribution in [3.63, 3.8) is 0 Å². The highest BCUT2D eigenvalue weighted by molar-refractivity contribution is 5.94. The first kappa shape index (κ1) is 16.0. The SMILES string of the molecule is CCN1CCC(CCNC(=O)c2ccc(CN)cc2)CC1. The lowest BCUT2D eigenvalue weighted by Crippen LogP contribution is -2.35. The van der Waals surface area contributed by atoms with Crippen LogP contribution in [0.2, 0.25) is 0 Å². The van der Waals surface area contributed by atoms with Crippen molar-refractivity contribution in [2.24, 2.45) is 11.7 Å². The molecule has 0 aromatic heterocycles. The highest BCUT2D eigenvalue weighted by Gasteiger charge is 2.17. The lowest BCUT2D eigenvalue weighted by Gasteiger charge is -2.31. The maximum absolute atomic E-state index is 12.0. The Morgan fingerprint density at radius 3 is 2.52 bits per heavy atom. The predicted molar refractivity (Wildman–Crippen MR) is 86.1 cm³/mol. The van der Waals surface area contributed by atoms with Crippen LogP contribution in [0.15, 0.2) is 24.3 Å². The zero-order chi connectivity index (χ0) is 15.1. The van der Waals surface area contributed by atoms with Crippen LogP contribution >= 0.6 is 0 Å². The second kappa shape index (κ2) is 8.15. The molecule has 1 amide bonds. The molecule has 1 heterocycles. The molecule has 1 saturated heterocycles. The summed E-state index contributed by atoms with van der Waals surface area (Å²) in [6, 6.07) is 7.51. The zero-order valence-corrected chi connectivity index (χ0v) is 13.0. The highest BCUT2D eigenvalue weighted by atomic mass is 16.1. The summed E-state index contributed by atoms with van der Waals surface area (Å²) in [7, 11) is 0. The number of piperidine rings is 1. The van der Waals surface area contributed by atoms with Crippen LogP contribution in [0, 0.1) is 5.92 Å². The van der Waals surface area contributed by atoms with Crippen molar-refractivity contribution in [3.8, 4) is 0 Å². The van der Waals surface area contributed by atoms with Gasteiger partial charge in [0, 0.05) is 18.7 Å². The molecule has 116 valence electrons. The molecule has 1 aliphatic heterocycles. The molecule has 1 aliphatic rings. The topological polar surface area (TPSA) is 58.4 Å². The standard InChI is InChI=1S/C17H27N3O/c1-2-20-11-8-14(9-12-20)7-10-19-17(21)16-5-3-15(13-18)4-6-16/h3-6,14H,2,7-13,18H2,1H3,(H,19,21). The lowest BCUT2D eigenvalue weighted by atomic mass is 9.93. The van der Waals surface area contributed by atoms with E-state index in [1.165, 1.54) is 25.9 Å². The number of likely N-dealkylation sites (tertiary alicyclic amines) is 1. The quantitative estimate of drug-likeness (QED) is 0.842. The average molecular weight is 289 g/mol. The van der Waals surface area contributed by atoms with Crippen LogP contribution in [0.5, 0.6) is 0 Å². The van der Waals surface area contributed by atoms with Crippen LogP contribution in [0.1, 0.15) is 42.1 Å². The Labute approximate surface area is 127 Å². The van der Waals surface area contributed by atoms with E-state index in [-0.39, 0.29) is 5.91 Å². The third kappa shape index (κ3) is 4.83. The summed E-state index contributed by atoms with van der Waals surface area (Å²) in [5.74, 6) is 0.775. The number of carbonyl (C=O) groups is 1. The second-order valence-electron chi connectivity index (χ2n) is 5.82. The molecular weight excluding hydrogens is 262 g/mol. The molecular formula is C17H27N3O. The van der Waals surface area contributed by atoms with Crippen LogP contribution in [0.3, 0.4) is 0 Å². The summed E-state index contributed by atoms with van der Waals surface area (Å²) in [6.45, 7) is 7.07. The molecule has 4 nitrogen and oxygen atoms in total. The maximum Gasteiger partial charge on any atom is 0.251 e. The molecule has 4 heteroatoms. The van der Waals surface area contributed by atoms with E-state index in [0.29, 0.717) is 12.1 Å². The van der Waals surface area contributed by atoms with Gasteiger partial charge in [0.1, 0.15) is 0 Å². The number of hydrogen-bond donors (Lipinski definition) is 2. The number of carbonyl (C=O) groups excluding carboxylic acids is 1. The molecule has 21 heavy (non-hydrogen) atoms. The molecule has 0 spiro atoms. The number of nitrogens with zero attached hydrogens (tertiary/aromatic N) is 1. The maximum atomic E-state index is 12.0. The molecule has 0 saturated carbocycles. The smallest absolute Gasteiger partial charge is 0.251 e. The van der Waals surface area contributed by atoms with E-state index in [2.05, 4.69) is 17.1 Å². The largest absolute Gasteiger partial charge is 0.352 e. The minimum atomic E-state index is 0.0181. The molecule has 0 unspecified atom stereocenters. The fraction of sp³-hybridized carbons (Fsp3) is 0.588. The number of rotatable bonds is 6. The minimum Gasteiger partial charge on any atom is -0.352 e. The highest BCUT2D eigenvalue weighted by Crippen LogP contribution is 2.19. The van der Waals surface area contributed by atoms with Gasteiger partial charge >= 0.3 is 0 Å². The van der Waals surface area contributed by atoms with Crippen molar-refractivity contribution in [3.05, 3.63) is 35.4 Å².